The van der Waals surface area contributed by atoms with E-state index in [9.17, 15) is 9.59 Å². The highest BCUT2D eigenvalue weighted by molar-refractivity contribution is 8.32. The molecule has 0 spiro atoms. The standard InChI is InChI=1S/C27H27NO3S3/c1-6-20(29)28-19-14-13-16(3)15-18(19)21(24(32)27(28,4)5)26-33-22(17-11-9-8-10-12-17)23(34-26)25(30)31-7-2/h8-15H,6-7H2,1-5H3. The minimum absolute atomic E-state index is 0.0311. The highest BCUT2D eigenvalue weighted by atomic mass is 32.2. The normalized spacial score (nSPS) is 19.3. The van der Waals surface area contributed by atoms with Crippen molar-refractivity contribution < 1.29 is 14.3 Å². The van der Waals surface area contributed by atoms with E-state index in [2.05, 4.69) is 6.07 Å². The fraction of sp³-hybridized carbons (Fsp3) is 0.296. The summed E-state index contributed by atoms with van der Waals surface area (Å²) in [6, 6.07) is 16.0. The Balaban J connectivity index is 1.92. The first-order chi connectivity index (χ1) is 16.2. The Bertz CT molecular complexity index is 1250. The third kappa shape index (κ3) is 4.25. The van der Waals surface area contributed by atoms with Gasteiger partial charge in [0.05, 0.1) is 26.9 Å². The minimum Gasteiger partial charge on any atom is -0.462 e. The number of nitrogens with zero attached hydrogens (tertiary/aromatic N) is 1. The number of amides is 1. The number of carbonyl (C=O) groups excluding carboxylic acids is 2. The largest absolute Gasteiger partial charge is 0.462 e. The molecule has 0 unspecified atom stereocenters. The number of ether oxygens (including phenoxy) is 1. The van der Waals surface area contributed by atoms with Gasteiger partial charge in [0.1, 0.15) is 4.91 Å². The first-order valence-corrected chi connectivity index (χ1v) is 13.3. The van der Waals surface area contributed by atoms with Gasteiger partial charge in [0, 0.05) is 22.5 Å². The summed E-state index contributed by atoms with van der Waals surface area (Å²) in [7, 11) is 0. The maximum absolute atomic E-state index is 13.0. The van der Waals surface area contributed by atoms with Gasteiger partial charge in [-0.15, -0.1) is 0 Å². The van der Waals surface area contributed by atoms with E-state index in [1.807, 2.05) is 82.0 Å². The SMILES string of the molecule is CCOC(=O)C1=C(c2ccccc2)SC(=C2C(=S)C(C)(C)N(C(=O)CC)c3ccc(C)cc32)S1. The van der Waals surface area contributed by atoms with Crippen molar-refractivity contribution in [2.45, 2.75) is 46.6 Å². The molecule has 0 radical (unpaired) electrons. The molecule has 4 rings (SSSR count). The van der Waals surface area contributed by atoms with Crippen molar-refractivity contribution in [1.82, 2.24) is 0 Å². The first-order valence-electron chi connectivity index (χ1n) is 11.3. The van der Waals surface area contributed by atoms with Gasteiger partial charge in [-0.1, -0.05) is 84.6 Å². The number of hydrogen-bond donors (Lipinski definition) is 0. The summed E-state index contributed by atoms with van der Waals surface area (Å²) in [6.07, 6.45) is 0.390. The molecule has 0 atom stereocenters. The Hall–Kier alpha value is -2.35. The average molecular weight is 510 g/mol. The summed E-state index contributed by atoms with van der Waals surface area (Å²) in [4.78, 5) is 29.9. The van der Waals surface area contributed by atoms with Crippen molar-refractivity contribution >= 4 is 68.6 Å². The van der Waals surface area contributed by atoms with Crippen molar-refractivity contribution in [1.29, 1.82) is 0 Å². The summed E-state index contributed by atoms with van der Waals surface area (Å²) in [5.41, 5.74) is 4.06. The topological polar surface area (TPSA) is 46.6 Å². The lowest BCUT2D eigenvalue weighted by Gasteiger charge is -2.45. The molecule has 176 valence electrons. The number of anilines is 1. The number of thiocarbonyl (C=S) groups is 1. The Morgan fingerprint density at radius 3 is 2.41 bits per heavy atom. The van der Waals surface area contributed by atoms with Crippen molar-refractivity contribution in [3.05, 3.63) is 74.4 Å². The maximum atomic E-state index is 13.0. The summed E-state index contributed by atoms with van der Waals surface area (Å²) < 4.78 is 6.33. The van der Waals surface area contributed by atoms with Crippen LogP contribution < -0.4 is 4.90 Å². The smallest absolute Gasteiger partial charge is 0.346 e. The fourth-order valence-electron chi connectivity index (χ4n) is 4.19. The van der Waals surface area contributed by atoms with Crippen LogP contribution in [0.5, 0.6) is 0 Å². The van der Waals surface area contributed by atoms with Gasteiger partial charge in [-0.2, -0.15) is 0 Å². The number of hydrogen-bond acceptors (Lipinski definition) is 6. The van der Waals surface area contributed by atoms with Crippen LogP contribution in [0.25, 0.3) is 10.5 Å². The zero-order chi connectivity index (χ0) is 24.6. The summed E-state index contributed by atoms with van der Waals surface area (Å²) >= 11 is 9.03. The van der Waals surface area contributed by atoms with Gasteiger partial charge >= 0.3 is 5.97 Å². The second kappa shape index (κ2) is 9.72. The quantitative estimate of drug-likeness (QED) is 0.252. The monoisotopic (exact) mass is 509 g/mol. The van der Waals surface area contributed by atoms with Crippen LogP contribution in [0.1, 0.15) is 50.8 Å². The van der Waals surface area contributed by atoms with Crippen LogP contribution in [0.15, 0.2) is 57.7 Å². The molecule has 2 aromatic carbocycles. The minimum atomic E-state index is -0.687. The van der Waals surface area contributed by atoms with Crippen LogP contribution in [-0.2, 0) is 14.3 Å². The van der Waals surface area contributed by atoms with Gasteiger partial charge < -0.3 is 9.64 Å². The molecule has 0 saturated carbocycles. The van der Waals surface area contributed by atoms with Crippen LogP contribution in [0, 0.1) is 6.92 Å². The zero-order valence-corrected chi connectivity index (χ0v) is 22.4. The van der Waals surface area contributed by atoms with Crippen molar-refractivity contribution in [3.8, 4) is 0 Å². The highest BCUT2D eigenvalue weighted by Gasteiger charge is 2.45. The van der Waals surface area contributed by atoms with Gasteiger partial charge in [0.2, 0.25) is 5.91 Å². The lowest BCUT2D eigenvalue weighted by atomic mass is 9.82. The van der Waals surface area contributed by atoms with Gasteiger partial charge in [-0.3, -0.25) is 4.79 Å². The van der Waals surface area contributed by atoms with E-state index in [1.54, 1.807) is 11.8 Å². The van der Waals surface area contributed by atoms with E-state index >= 15 is 0 Å². The molecule has 2 heterocycles. The molecule has 1 amide bonds. The van der Waals surface area contributed by atoms with Crippen LogP contribution in [0.4, 0.5) is 5.69 Å². The van der Waals surface area contributed by atoms with Crippen molar-refractivity contribution in [2.24, 2.45) is 0 Å². The number of rotatable bonds is 4. The van der Waals surface area contributed by atoms with Crippen LogP contribution in [0.2, 0.25) is 0 Å². The molecule has 0 saturated heterocycles. The second-order valence-electron chi connectivity index (χ2n) is 8.60. The predicted octanol–water partition coefficient (Wildman–Crippen LogP) is 6.98. The summed E-state index contributed by atoms with van der Waals surface area (Å²) in [6.45, 7) is 10.0. The summed E-state index contributed by atoms with van der Waals surface area (Å²) in [5, 5.41) is 0. The van der Waals surface area contributed by atoms with E-state index in [0.717, 1.165) is 37.1 Å². The third-order valence-corrected chi connectivity index (χ3v) is 9.18. The van der Waals surface area contributed by atoms with Crippen molar-refractivity contribution in [2.75, 3.05) is 11.5 Å². The first kappa shape index (κ1) is 24.8. The molecule has 4 nitrogen and oxygen atoms in total. The number of fused-ring (bicyclic) bond motifs is 1. The maximum Gasteiger partial charge on any atom is 0.346 e. The molecule has 0 N–H and O–H groups in total. The van der Waals surface area contributed by atoms with E-state index < -0.39 is 5.54 Å². The number of esters is 1. The number of carbonyl (C=O) groups is 2. The van der Waals surface area contributed by atoms with E-state index in [-0.39, 0.29) is 11.9 Å². The van der Waals surface area contributed by atoms with Gasteiger partial charge in [0.15, 0.2) is 0 Å². The number of aryl methyl sites for hydroxylation is 1. The molecule has 0 bridgehead atoms. The van der Waals surface area contributed by atoms with Gasteiger partial charge in [0.25, 0.3) is 0 Å². The molecule has 0 aliphatic carbocycles. The molecule has 7 heteroatoms. The number of thioether (sulfide) groups is 2. The molecule has 0 fully saturated rings. The number of benzene rings is 2. The third-order valence-electron chi connectivity index (χ3n) is 5.85. The fourth-order valence-corrected chi connectivity index (χ4v) is 7.33. The zero-order valence-electron chi connectivity index (χ0n) is 19.9. The van der Waals surface area contributed by atoms with Crippen molar-refractivity contribution in [3.63, 3.8) is 0 Å². The molecular weight excluding hydrogens is 483 g/mol. The average Bonchev–Trinajstić information content (AvgIpc) is 3.25. The molecule has 2 aliphatic rings. The lowest BCUT2D eigenvalue weighted by Crippen LogP contribution is -2.55. The van der Waals surface area contributed by atoms with Gasteiger partial charge in [-0.25, -0.2) is 4.79 Å². The molecule has 0 aromatic heterocycles. The lowest BCUT2D eigenvalue weighted by molar-refractivity contribution is -0.137. The van der Waals surface area contributed by atoms with E-state index in [1.165, 1.54) is 11.8 Å². The Labute approximate surface area is 214 Å². The Kier molecular flexibility index (Phi) is 7.08. The highest BCUT2D eigenvalue weighted by Crippen LogP contribution is 2.58. The molecule has 2 aliphatic heterocycles. The van der Waals surface area contributed by atoms with Crippen LogP contribution >= 0.6 is 35.7 Å². The van der Waals surface area contributed by atoms with Crippen LogP contribution in [0.3, 0.4) is 0 Å². The molecule has 34 heavy (non-hydrogen) atoms. The second-order valence-corrected chi connectivity index (χ2v) is 11.3. The predicted molar refractivity (Wildman–Crippen MR) is 148 cm³/mol. The van der Waals surface area contributed by atoms with E-state index in [0.29, 0.717) is 22.8 Å². The summed E-state index contributed by atoms with van der Waals surface area (Å²) in [5.74, 6) is -0.300. The van der Waals surface area contributed by atoms with E-state index in [4.69, 9.17) is 17.0 Å². The van der Waals surface area contributed by atoms with Crippen LogP contribution in [-0.4, -0.2) is 28.9 Å². The van der Waals surface area contributed by atoms with Gasteiger partial charge in [-0.05, 0) is 45.4 Å². The molecule has 2 aromatic rings. The Morgan fingerprint density at radius 1 is 1.06 bits per heavy atom. The molecular formula is C27H27NO3S3. The Morgan fingerprint density at radius 2 is 1.76 bits per heavy atom.